The molecule has 0 radical (unpaired) electrons. The van der Waals surface area contributed by atoms with E-state index in [0.29, 0.717) is 12.4 Å². The molecule has 2 heterocycles. The summed E-state index contributed by atoms with van der Waals surface area (Å²) in [5.74, 6) is 0.532. The Labute approximate surface area is 118 Å². The molecule has 2 N–H and O–H groups in total. The molecule has 2 aromatic rings. The number of hydrogen-bond donors (Lipinski definition) is 1. The van der Waals surface area contributed by atoms with Crippen molar-refractivity contribution in [3.63, 3.8) is 0 Å². The minimum absolute atomic E-state index is 0.00332. The number of ether oxygens (including phenoxy) is 1. The largest absolute Gasteiger partial charge is 0.385 e. The average Bonchev–Trinajstić information content (AvgIpc) is 2.48. The average molecular weight is 272 g/mol. The van der Waals surface area contributed by atoms with Gasteiger partial charge in [-0.2, -0.15) is 0 Å². The van der Waals surface area contributed by atoms with Gasteiger partial charge in [0.15, 0.2) is 0 Å². The van der Waals surface area contributed by atoms with Gasteiger partial charge in [-0.15, -0.1) is 0 Å². The molecule has 20 heavy (non-hydrogen) atoms. The van der Waals surface area contributed by atoms with Crippen molar-refractivity contribution in [2.75, 3.05) is 12.3 Å². The second-order valence-electron chi connectivity index (χ2n) is 5.39. The van der Waals surface area contributed by atoms with Crippen LogP contribution in [0, 0.1) is 0 Å². The molecule has 1 aromatic heterocycles. The second kappa shape index (κ2) is 5.67. The van der Waals surface area contributed by atoms with Crippen LogP contribution in [-0.4, -0.2) is 17.3 Å². The summed E-state index contributed by atoms with van der Waals surface area (Å²) in [5, 5.41) is 1.63. The molecule has 4 nitrogen and oxygen atoms in total. The molecule has 0 bridgehead atoms. The first-order valence-electron chi connectivity index (χ1n) is 7.25. The zero-order valence-corrected chi connectivity index (χ0v) is 11.5. The highest BCUT2D eigenvalue weighted by Crippen LogP contribution is 2.18. The zero-order chi connectivity index (χ0) is 13.9. The van der Waals surface area contributed by atoms with Gasteiger partial charge in [0.05, 0.1) is 6.10 Å². The Balaban J connectivity index is 1.85. The number of hydrogen-bond acceptors (Lipinski definition) is 3. The number of pyridine rings is 1. The summed E-state index contributed by atoms with van der Waals surface area (Å²) >= 11 is 0. The molecular weight excluding hydrogens is 252 g/mol. The number of nitrogens with two attached hydrogens (primary N) is 1. The van der Waals surface area contributed by atoms with Crippen LogP contribution in [-0.2, 0) is 11.3 Å². The lowest BCUT2D eigenvalue weighted by Gasteiger charge is -2.23. The van der Waals surface area contributed by atoms with Crippen molar-refractivity contribution in [3.8, 4) is 0 Å². The van der Waals surface area contributed by atoms with Gasteiger partial charge in [-0.05, 0) is 43.2 Å². The number of aromatic nitrogens is 1. The van der Waals surface area contributed by atoms with Gasteiger partial charge < -0.3 is 10.5 Å². The first-order valence-corrected chi connectivity index (χ1v) is 7.25. The van der Waals surface area contributed by atoms with E-state index in [0.717, 1.165) is 36.6 Å². The number of nitrogens with zero attached hydrogens (tertiary/aromatic N) is 1. The standard InChI is InChI=1S/C16H20N2O2/c17-15-11-12-5-1-2-7-14(12)16(19)18(15)9-8-13-6-3-4-10-20-13/h1-2,5,7,11,13H,3-4,6,8-10,17H2. The predicted molar refractivity (Wildman–Crippen MR) is 80.8 cm³/mol. The predicted octanol–water partition coefficient (Wildman–Crippen LogP) is 2.54. The quantitative estimate of drug-likeness (QED) is 0.934. The number of fused-ring (bicyclic) bond motifs is 1. The minimum atomic E-state index is -0.00332. The van der Waals surface area contributed by atoms with E-state index in [-0.39, 0.29) is 11.7 Å². The lowest BCUT2D eigenvalue weighted by atomic mass is 10.1. The Hall–Kier alpha value is -1.81. The Morgan fingerprint density at radius 3 is 2.95 bits per heavy atom. The first-order chi connectivity index (χ1) is 9.75. The van der Waals surface area contributed by atoms with Crippen LogP contribution in [0.4, 0.5) is 5.82 Å². The van der Waals surface area contributed by atoms with Gasteiger partial charge in [0.1, 0.15) is 5.82 Å². The molecule has 0 amide bonds. The molecule has 1 unspecified atom stereocenters. The van der Waals surface area contributed by atoms with Crippen molar-refractivity contribution in [3.05, 3.63) is 40.7 Å². The molecule has 0 aliphatic carbocycles. The molecule has 106 valence electrons. The summed E-state index contributed by atoms with van der Waals surface area (Å²) in [6.07, 6.45) is 4.56. The molecule has 1 aliphatic heterocycles. The molecule has 1 aromatic carbocycles. The number of rotatable bonds is 3. The van der Waals surface area contributed by atoms with Crippen LogP contribution in [0.5, 0.6) is 0 Å². The van der Waals surface area contributed by atoms with Crippen LogP contribution in [0.2, 0.25) is 0 Å². The fourth-order valence-corrected chi connectivity index (χ4v) is 2.86. The van der Waals surface area contributed by atoms with Gasteiger partial charge >= 0.3 is 0 Å². The maximum Gasteiger partial charge on any atom is 0.259 e. The lowest BCUT2D eigenvalue weighted by Crippen LogP contribution is -2.27. The number of nitrogen functional groups attached to an aromatic ring is 1. The Morgan fingerprint density at radius 1 is 1.30 bits per heavy atom. The Morgan fingerprint density at radius 2 is 2.15 bits per heavy atom. The van der Waals surface area contributed by atoms with E-state index in [1.807, 2.05) is 30.3 Å². The molecule has 1 saturated heterocycles. The monoisotopic (exact) mass is 272 g/mol. The molecule has 1 fully saturated rings. The van der Waals surface area contributed by atoms with Crippen molar-refractivity contribution in [1.82, 2.24) is 4.57 Å². The highest BCUT2D eigenvalue weighted by atomic mass is 16.5. The van der Waals surface area contributed by atoms with Crippen molar-refractivity contribution in [1.29, 1.82) is 0 Å². The summed E-state index contributed by atoms with van der Waals surface area (Å²) in [6, 6.07) is 9.45. The van der Waals surface area contributed by atoms with E-state index >= 15 is 0 Å². The van der Waals surface area contributed by atoms with Gasteiger partial charge in [0, 0.05) is 18.5 Å². The molecule has 1 aliphatic rings. The van der Waals surface area contributed by atoms with E-state index in [1.54, 1.807) is 4.57 Å². The third kappa shape index (κ3) is 2.56. The molecular formula is C16H20N2O2. The molecule has 0 spiro atoms. The fourth-order valence-electron chi connectivity index (χ4n) is 2.86. The van der Waals surface area contributed by atoms with E-state index in [1.165, 1.54) is 6.42 Å². The van der Waals surface area contributed by atoms with Crippen molar-refractivity contribution in [2.45, 2.75) is 38.3 Å². The van der Waals surface area contributed by atoms with Crippen LogP contribution in [0.15, 0.2) is 35.1 Å². The third-order valence-corrected chi connectivity index (χ3v) is 4.00. The Kier molecular flexibility index (Phi) is 3.74. The molecule has 3 rings (SSSR count). The highest BCUT2D eigenvalue weighted by molar-refractivity contribution is 5.83. The molecule has 0 saturated carbocycles. The van der Waals surface area contributed by atoms with Gasteiger partial charge in [-0.25, -0.2) is 0 Å². The van der Waals surface area contributed by atoms with Gasteiger partial charge in [-0.3, -0.25) is 9.36 Å². The summed E-state index contributed by atoms with van der Waals surface area (Å²) in [5.41, 5.74) is 6.02. The topological polar surface area (TPSA) is 57.2 Å². The summed E-state index contributed by atoms with van der Waals surface area (Å²) in [7, 11) is 0. The third-order valence-electron chi connectivity index (χ3n) is 4.00. The summed E-state index contributed by atoms with van der Waals surface area (Å²) in [4.78, 5) is 12.5. The molecule has 4 heteroatoms. The minimum Gasteiger partial charge on any atom is -0.385 e. The van der Waals surface area contributed by atoms with E-state index in [4.69, 9.17) is 10.5 Å². The van der Waals surface area contributed by atoms with Crippen molar-refractivity contribution < 1.29 is 4.74 Å². The van der Waals surface area contributed by atoms with Crippen LogP contribution < -0.4 is 11.3 Å². The van der Waals surface area contributed by atoms with Crippen LogP contribution in [0.3, 0.4) is 0 Å². The fraction of sp³-hybridized carbons (Fsp3) is 0.438. The van der Waals surface area contributed by atoms with E-state index in [2.05, 4.69) is 0 Å². The smallest absolute Gasteiger partial charge is 0.259 e. The highest BCUT2D eigenvalue weighted by Gasteiger charge is 2.15. The number of anilines is 1. The first kappa shape index (κ1) is 13.2. The van der Waals surface area contributed by atoms with Crippen LogP contribution >= 0.6 is 0 Å². The maximum absolute atomic E-state index is 12.5. The van der Waals surface area contributed by atoms with E-state index in [9.17, 15) is 4.79 Å². The lowest BCUT2D eigenvalue weighted by molar-refractivity contribution is 0.00878. The van der Waals surface area contributed by atoms with Gasteiger partial charge in [-0.1, -0.05) is 18.2 Å². The van der Waals surface area contributed by atoms with Gasteiger partial charge in [0.2, 0.25) is 0 Å². The van der Waals surface area contributed by atoms with Crippen molar-refractivity contribution in [2.24, 2.45) is 0 Å². The molecule has 1 atom stereocenters. The summed E-state index contributed by atoms with van der Waals surface area (Å²) < 4.78 is 7.38. The Bertz CT molecular complexity index is 657. The van der Waals surface area contributed by atoms with Gasteiger partial charge in [0.25, 0.3) is 5.56 Å². The normalized spacial score (nSPS) is 19.3. The van der Waals surface area contributed by atoms with E-state index < -0.39 is 0 Å². The summed E-state index contributed by atoms with van der Waals surface area (Å²) in [6.45, 7) is 1.47. The van der Waals surface area contributed by atoms with Crippen LogP contribution in [0.1, 0.15) is 25.7 Å². The maximum atomic E-state index is 12.5. The van der Waals surface area contributed by atoms with Crippen molar-refractivity contribution >= 4 is 16.6 Å². The SMILES string of the molecule is Nc1cc2ccccc2c(=O)n1CCC1CCCCO1. The second-order valence-corrected chi connectivity index (χ2v) is 5.39. The zero-order valence-electron chi connectivity index (χ0n) is 11.5. The van der Waals surface area contributed by atoms with Crippen LogP contribution in [0.25, 0.3) is 10.8 Å². The number of benzene rings is 1.